The van der Waals surface area contributed by atoms with Gasteiger partial charge in [-0.1, -0.05) is 63.9 Å². The molecule has 4 rings (SSSR count). The van der Waals surface area contributed by atoms with Gasteiger partial charge in [0.05, 0.1) is 11.6 Å². The molecular formula is C25H36N6O2. The summed E-state index contributed by atoms with van der Waals surface area (Å²) in [4.78, 5) is 25.4. The van der Waals surface area contributed by atoms with Gasteiger partial charge in [0.25, 0.3) is 0 Å². The van der Waals surface area contributed by atoms with Crippen molar-refractivity contribution in [3.05, 3.63) is 47.7 Å². The summed E-state index contributed by atoms with van der Waals surface area (Å²) in [5.41, 5.74) is 1.91. The molecule has 0 spiro atoms. The van der Waals surface area contributed by atoms with Gasteiger partial charge in [0.15, 0.2) is 6.29 Å². The van der Waals surface area contributed by atoms with Gasteiger partial charge < -0.3 is 10.6 Å². The topological polar surface area (TPSA) is 100 Å². The number of aryl methyl sites for hydroxylation is 1. The van der Waals surface area contributed by atoms with Crippen LogP contribution in [0.4, 0.5) is 10.6 Å². The van der Waals surface area contributed by atoms with Crippen LogP contribution in [-0.2, 0) is 16.6 Å². The third-order valence-electron chi connectivity index (χ3n) is 6.51. The highest BCUT2D eigenvalue weighted by Crippen LogP contribution is 2.31. The molecule has 2 heterocycles. The van der Waals surface area contributed by atoms with Crippen molar-refractivity contribution in [3.63, 3.8) is 0 Å². The van der Waals surface area contributed by atoms with Crippen LogP contribution < -0.4 is 21.3 Å². The van der Waals surface area contributed by atoms with Gasteiger partial charge >= 0.3 is 6.03 Å². The Morgan fingerprint density at radius 1 is 1.18 bits per heavy atom. The van der Waals surface area contributed by atoms with Crippen molar-refractivity contribution in [1.82, 2.24) is 25.7 Å². The Morgan fingerprint density at radius 2 is 1.94 bits per heavy atom. The van der Waals surface area contributed by atoms with Gasteiger partial charge in [-0.3, -0.25) is 15.4 Å². The monoisotopic (exact) mass is 452 g/mol. The highest BCUT2D eigenvalue weighted by atomic mass is 16.2. The molecule has 8 heteroatoms. The van der Waals surface area contributed by atoms with Gasteiger partial charge in [0, 0.05) is 24.1 Å². The lowest BCUT2D eigenvalue weighted by atomic mass is 9.83. The van der Waals surface area contributed by atoms with Crippen LogP contribution in [0.15, 0.2) is 36.4 Å². The predicted octanol–water partition coefficient (Wildman–Crippen LogP) is 3.67. The number of amides is 3. The number of nitrogens with one attached hydrogen (secondary N) is 4. The van der Waals surface area contributed by atoms with Crippen LogP contribution in [0.1, 0.15) is 70.4 Å². The molecule has 4 N–H and O–H groups in total. The average Bonchev–Trinajstić information content (AvgIpc) is 3.22. The van der Waals surface area contributed by atoms with Crippen LogP contribution in [-0.4, -0.2) is 34.3 Å². The second-order valence-electron chi connectivity index (χ2n) is 10.2. The molecule has 3 unspecified atom stereocenters. The largest absolute Gasteiger partial charge is 0.338 e. The van der Waals surface area contributed by atoms with Crippen molar-refractivity contribution < 1.29 is 9.59 Å². The summed E-state index contributed by atoms with van der Waals surface area (Å²) in [5, 5.41) is 17.3. The number of carbonyl (C=O) groups excluding carboxylic acids is 2. The lowest BCUT2D eigenvalue weighted by Crippen LogP contribution is -2.59. The Labute approximate surface area is 195 Å². The summed E-state index contributed by atoms with van der Waals surface area (Å²) in [7, 11) is 0. The number of urea groups is 1. The molecule has 0 bridgehead atoms. The molecule has 1 saturated heterocycles. The number of hydrogen-bond acceptors (Lipinski definition) is 4. The first-order chi connectivity index (χ1) is 15.8. The molecule has 178 valence electrons. The normalized spacial score (nSPS) is 22.9. The van der Waals surface area contributed by atoms with Gasteiger partial charge in [0.1, 0.15) is 5.82 Å². The molecule has 1 aliphatic heterocycles. The van der Waals surface area contributed by atoms with E-state index in [9.17, 15) is 9.59 Å². The van der Waals surface area contributed by atoms with E-state index in [1.807, 2.05) is 24.3 Å². The smallest absolute Gasteiger partial charge is 0.320 e. The maximum atomic E-state index is 12.7. The fourth-order valence-electron chi connectivity index (χ4n) is 4.61. The van der Waals surface area contributed by atoms with Gasteiger partial charge in [0.2, 0.25) is 5.91 Å². The Kier molecular flexibility index (Phi) is 7.02. The first-order valence-electron chi connectivity index (χ1n) is 12.1. The number of fused-ring (bicyclic) bond motifs is 1. The maximum Gasteiger partial charge on any atom is 0.320 e. The second-order valence-corrected chi connectivity index (χ2v) is 10.2. The summed E-state index contributed by atoms with van der Waals surface area (Å²) in [5.74, 6) is 0.636. The van der Waals surface area contributed by atoms with Crippen molar-refractivity contribution in [3.8, 4) is 0 Å². The Morgan fingerprint density at radius 3 is 2.70 bits per heavy atom. The van der Waals surface area contributed by atoms with E-state index in [-0.39, 0.29) is 29.3 Å². The summed E-state index contributed by atoms with van der Waals surface area (Å²) >= 11 is 0. The molecule has 1 aromatic heterocycles. The minimum Gasteiger partial charge on any atom is -0.338 e. The fourth-order valence-corrected chi connectivity index (χ4v) is 4.61. The molecule has 3 amide bonds. The van der Waals surface area contributed by atoms with Crippen molar-refractivity contribution in [1.29, 1.82) is 0 Å². The number of hydrogen-bond donors (Lipinski definition) is 4. The molecular weight excluding hydrogens is 416 g/mol. The fraction of sp³-hybridized carbons (Fsp3) is 0.560. The zero-order valence-corrected chi connectivity index (χ0v) is 19.9. The average molecular weight is 453 g/mol. The standard InChI is InChI=1S/C25H36N6O2/c1-25(2,3)20-16-21(28-24(33)26-15-9-12-17-10-5-4-6-11-17)31(30-20)23-27-19-14-8-7-13-18(19)22(32)29-23/h4-6,10-11,16,18-19,23,27H,7-9,12-15H2,1-3H3,(H,29,32)(H2,26,28,33). The number of nitrogens with zero attached hydrogens (tertiary/aromatic N) is 2. The molecule has 3 atom stereocenters. The molecule has 2 aliphatic rings. The van der Waals surface area contributed by atoms with E-state index in [2.05, 4.69) is 54.2 Å². The molecule has 33 heavy (non-hydrogen) atoms. The van der Waals surface area contributed by atoms with Gasteiger partial charge in [-0.15, -0.1) is 0 Å². The van der Waals surface area contributed by atoms with E-state index in [4.69, 9.17) is 5.10 Å². The lowest BCUT2D eigenvalue weighted by molar-refractivity contribution is -0.132. The van der Waals surface area contributed by atoms with E-state index in [1.165, 1.54) is 5.56 Å². The molecule has 1 aromatic carbocycles. The highest BCUT2D eigenvalue weighted by molar-refractivity contribution is 5.88. The maximum absolute atomic E-state index is 12.7. The van der Waals surface area contributed by atoms with E-state index in [0.717, 1.165) is 44.2 Å². The van der Waals surface area contributed by atoms with E-state index < -0.39 is 6.29 Å². The molecule has 1 saturated carbocycles. The number of anilines is 1. The number of rotatable bonds is 6. The summed E-state index contributed by atoms with van der Waals surface area (Å²) < 4.78 is 1.70. The Bertz CT molecular complexity index is 965. The number of carbonyl (C=O) groups is 2. The van der Waals surface area contributed by atoms with Crippen molar-refractivity contribution in [2.45, 2.75) is 77.0 Å². The van der Waals surface area contributed by atoms with Gasteiger partial charge in [-0.05, 0) is 31.2 Å². The number of benzene rings is 1. The van der Waals surface area contributed by atoms with Crippen LogP contribution in [0, 0.1) is 5.92 Å². The molecule has 1 aliphatic carbocycles. The zero-order chi connectivity index (χ0) is 23.4. The SMILES string of the molecule is CC(C)(C)c1cc(NC(=O)NCCCc2ccccc2)n(C2NC(=O)C3CCCCC3N2)n1. The van der Waals surface area contributed by atoms with Crippen LogP contribution in [0.3, 0.4) is 0 Å². The van der Waals surface area contributed by atoms with Crippen LogP contribution >= 0.6 is 0 Å². The molecule has 8 nitrogen and oxygen atoms in total. The minimum atomic E-state index is -0.485. The summed E-state index contributed by atoms with van der Waals surface area (Å²) in [6, 6.07) is 12.0. The van der Waals surface area contributed by atoms with Crippen LogP contribution in [0.2, 0.25) is 0 Å². The summed E-state index contributed by atoms with van der Waals surface area (Å²) in [6.45, 7) is 6.81. The summed E-state index contributed by atoms with van der Waals surface area (Å²) in [6.07, 6.45) is 5.39. The zero-order valence-electron chi connectivity index (χ0n) is 19.9. The molecule has 2 fully saturated rings. The second kappa shape index (κ2) is 9.95. The van der Waals surface area contributed by atoms with Crippen molar-refractivity contribution in [2.75, 3.05) is 11.9 Å². The lowest BCUT2D eigenvalue weighted by Gasteiger charge is -2.40. The van der Waals surface area contributed by atoms with Crippen LogP contribution in [0.5, 0.6) is 0 Å². The van der Waals surface area contributed by atoms with Crippen molar-refractivity contribution >= 4 is 17.8 Å². The third-order valence-corrected chi connectivity index (χ3v) is 6.51. The van der Waals surface area contributed by atoms with Crippen LogP contribution in [0.25, 0.3) is 0 Å². The first-order valence-corrected chi connectivity index (χ1v) is 12.1. The predicted molar refractivity (Wildman–Crippen MR) is 129 cm³/mol. The third kappa shape index (κ3) is 5.74. The molecule has 2 aromatic rings. The van der Waals surface area contributed by atoms with Crippen molar-refractivity contribution in [2.24, 2.45) is 5.92 Å². The van der Waals surface area contributed by atoms with E-state index in [1.54, 1.807) is 4.68 Å². The quantitative estimate of drug-likeness (QED) is 0.503. The van der Waals surface area contributed by atoms with Gasteiger partial charge in [-0.2, -0.15) is 5.10 Å². The number of aromatic nitrogens is 2. The van der Waals surface area contributed by atoms with E-state index >= 15 is 0 Å². The van der Waals surface area contributed by atoms with E-state index in [0.29, 0.717) is 12.4 Å². The minimum absolute atomic E-state index is 0.0111. The first kappa shape index (κ1) is 23.3. The Hall–Kier alpha value is -2.87. The highest BCUT2D eigenvalue weighted by Gasteiger charge is 2.39. The molecule has 0 radical (unpaired) electrons. The Balaban J connectivity index is 1.42. The van der Waals surface area contributed by atoms with Gasteiger partial charge in [-0.25, -0.2) is 9.48 Å².